The molecule has 5 heteroatoms. The summed E-state index contributed by atoms with van der Waals surface area (Å²) in [6, 6.07) is 5.11. The fourth-order valence-corrected chi connectivity index (χ4v) is 2.32. The van der Waals surface area contributed by atoms with Crippen LogP contribution < -0.4 is 15.4 Å². The Labute approximate surface area is 120 Å². The number of carbonyl (C=O) groups excluding carboxylic acids is 1. The van der Waals surface area contributed by atoms with Crippen molar-refractivity contribution in [2.24, 2.45) is 5.73 Å². The SMILES string of the molecule is CCCCCN1C(=O)C(N)c2cc(OC)ccc21.Cl. The summed E-state index contributed by atoms with van der Waals surface area (Å²) in [5.41, 5.74) is 7.77. The van der Waals surface area contributed by atoms with Crippen LogP contribution in [0.25, 0.3) is 0 Å². The molecule has 2 N–H and O–H groups in total. The van der Waals surface area contributed by atoms with Gasteiger partial charge in [-0.2, -0.15) is 0 Å². The van der Waals surface area contributed by atoms with Gasteiger partial charge in [-0.1, -0.05) is 19.8 Å². The Morgan fingerprint density at radius 3 is 2.74 bits per heavy atom. The molecule has 0 radical (unpaired) electrons. The molecule has 0 fully saturated rings. The van der Waals surface area contributed by atoms with Crippen molar-refractivity contribution in [3.63, 3.8) is 0 Å². The van der Waals surface area contributed by atoms with Crippen molar-refractivity contribution < 1.29 is 9.53 Å². The minimum atomic E-state index is -0.545. The first kappa shape index (κ1) is 15.8. The number of hydrogen-bond acceptors (Lipinski definition) is 3. The number of benzene rings is 1. The molecule has 0 saturated heterocycles. The summed E-state index contributed by atoms with van der Waals surface area (Å²) < 4.78 is 5.17. The van der Waals surface area contributed by atoms with Crippen molar-refractivity contribution in [2.75, 3.05) is 18.6 Å². The zero-order chi connectivity index (χ0) is 13.1. The van der Waals surface area contributed by atoms with E-state index in [4.69, 9.17) is 10.5 Å². The maximum Gasteiger partial charge on any atom is 0.248 e. The van der Waals surface area contributed by atoms with Crippen molar-refractivity contribution in [3.05, 3.63) is 23.8 Å². The summed E-state index contributed by atoms with van der Waals surface area (Å²) >= 11 is 0. The van der Waals surface area contributed by atoms with Gasteiger partial charge in [-0.3, -0.25) is 4.79 Å². The van der Waals surface area contributed by atoms with Gasteiger partial charge in [-0.05, 0) is 24.6 Å². The Balaban J connectivity index is 0.00000180. The Morgan fingerprint density at radius 1 is 1.37 bits per heavy atom. The van der Waals surface area contributed by atoms with Crippen molar-refractivity contribution in [1.82, 2.24) is 0 Å². The highest BCUT2D eigenvalue weighted by Gasteiger charge is 2.34. The van der Waals surface area contributed by atoms with Gasteiger partial charge in [0.15, 0.2) is 0 Å². The number of anilines is 1. The minimum Gasteiger partial charge on any atom is -0.497 e. The number of amides is 1. The molecule has 0 aromatic heterocycles. The fourth-order valence-electron chi connectivity index (χ4n) is 2.32. The van der Waals surface area contributed by atoms with Crippen LogP contribution in [0, 0.1) is 0 Å². The smallest absolute Gasteiger partial charge is 0.248 e. The molecule has 2 rings (SSSR count). The molecule has 1 aromatic rings. The van der Waals surface area contributed by atoms with E-state index in [1.165, 1.54) is 0 Å². The topological polar surface area (TPSA) is 55.6 Å². The number of rotatable bonds is 5. The molecule has 4 nitrogen and oxygen atoms in total. The van der Waals surface area contributed by atoms with Gasteiger partial charge in [-0.25, -0.2) is 0 Å². The molecular weight excluding hydrogens is 264 g/mol. The molecule has 0 bridgehead atoms. The van der Waals surface area contributed by atoms with Crippen molar-refractivity contribution in [2.45, 2.75) is 32.2 Å². The van der Waals surface area contributed by atoms with Crippen LogP contribution in [0.1, 0.15) is 37.8 Å². The van der Waals surface area contributed by atoms with E-state index in [1.807, 2.05) is 18.2 Å². The van der Waals surface area contributed by atoms with Crippen LogP contribution in [-0.2, 0) is 4.79 Å². The Bertz CT molecular complexity index is 451. The molecule has 0 spiro atoms. The number of nitrogens with zero attached hydrogens (tertiary/aromatic N) is 1. The van der Waals surface area contributed by atoms with Crippen LogP contribution in [-0.4, -0.2) is 19.6 Å². The van der Waals surface area contributed by atoms with Crippen LogP contribution in [0.5, 0.6) is 5.75 Å². The number of carbonyl (C=O) groups is 1. The average molecular weight is 285 g/mol. The lowest BCUT2D eigenvalue weighted by Gasteiger charge is -2.17. The van der Waals surface area contributed by atoms with Gasteiger partial charge in [-0.15, -0.1) is 12.4 Å². The second-order valence-electron chi connectivity index (χ2n) is 4.60. The van der Waals surface area contributed by atoms with E-state index in [9.17, 15) is 4.79 Å². The second kappa shape index (κ2) is 6.78. The van der Waals surface area contributed by atoms with Gasteiger partial charge in [0.1, 0.15) is 11.8 Å². The van der Waals surface area contributed by atoms with E-state index in [-0.39, 0.29) is 18.3 Å². The predicted molar refractivity (Wildman–Crippen MR) is 79.0 cm³/mol. The summed E-state index contributed by atoms with van der Waals surface area (Å²) in [5, 5.41) is 0. The van der Waals surface area contributed by atoms with Crippen LogP contribution in [0.2, 0.25) is 0 Å². The number of halogens is 1. The van der Waals surface area contributed by atoms with E-state index in [0.29, 0.717) is 0 Å². The van der Waals surface area contributed by atoms with E-state index >= 15 is 0 Å². The van der Waals surface area contributed by atoms with Gasteiger partial charge >= 0.3 is 0 Å². The fraction of sp³-hybridized carbons (Fsp3) is 0.500. The normalized spacial score (nSPS) is 17.1. The average Bonchev–Trinajstić information content (AvgIpc) is 2.63. The number of hydrogen-bond donors (Lipinski definition) is 1. The van der Waals surface area contributed by atoms with Gasteiger partial charge in [0.2, 0.25) is 5.91 Å². The summed E-state index contributed by atoms with van der Waals surface area (Å²) in [4.78, 5) is 13.9. The zero-order valence-electron chi connectivity index (χ0n) is 11.4. The highest BCUT2D eigenvalue weighted by atomic mass is 35.5. The molecule has 1 atom stereocenters. The summed E-state index contributed by atoms with van der Waals surface area (Å²) in [6.45, 7) is 2.90. The Hall–Kier alpha value is -1.26. The molecule has 1 aliphatic rings. The van der Waals surface area contributed by atoms with E-state index in [2.05, 4.69) is 6.92 Å². The molecule has 106 valence electrons. The van der Waals surface area contributed by atoms with Gasteiger partial charge < -0.3 is 15.4 Å². The maximum absolute atomic E-state index is 12.1. The van der Waals surface area contributed by atoms with Crippen LogP contribution >= 0.6 is 12.4 Å². The summed E-state index contributed by atoms with van der Waals surface area (Å²) in [7, 11) is 1.61. The molecular formula is C14H21ClN2O2. The number of methoxy groups -OCH3 is 1. The van der Waals surface area contributed by atoms with Crippen molar-refractivity contribution >= 4 is 24.0 Å². The summed E-state index contributed by atoms with van der Waals surface area (Å²) in [6.07, 6.45) is 3.29. The lowest BCUT2D eigenvalue weighted by Crippen LogP contribution is -2.32. The highest BCUT2D eigenvalue weighted by molar-refractivity contribution is 6.04. The molecule has 19 heavy (non-hydrogen) atoms. The Morgan fingerprint density at radius 2 is 2.11 bits per heavy atom. The lowest BCUT2D eigenvalue weighted by atomic mass is 10.1. The quantitative estimate of drug-likeness (QED) is 0.846. The van der Waals surface area contributed by atoms with Crippen LogP contribution in [0.4, 0.5) is 5.69 Å². The standard InChI is InChI=1S/C14H20N2O2.ClH/c1-3-4-5-8-16-12-7-6-10(18-2)9-11(12)13(15)14(16)17;/h6-7,9,13H,3-5,8,15H2,1-2H3;1H. The van der Waals surface area contributed by atoms with E-state index in [1.54, 1.807) is 12.0 Å². The molecule has 1 unspecified atom stereocenters. The minimum absolute atomic E-state index is 0. The van der Waals surface area contributed by atoms with Crippen LogP contribution in [0.15, 0.2) is 18.2 Å². The molecule has 0 aliphatic carbocycles. The van der Waals surface area contributed by atoms with E-state index in [0.717, 1.165) is 42.8 Å². The number of ether oxygens (including phenoxy) is 1. The third kappa shape index (κ3) is 3.01. The largest absolute Gasteiger partial charge is 0.497 e. The number of fused-ring (bicyclic) bond motifs is 1. The van der Waals surface area contributed by atoms with Gasteiger partial charge in [0.25, 0.3) is 0 Å². The number of unbranched alkanes of at least 4 members (excludes halogenated alkanes) is 2. The molecule has 1 heterocycles. The zero-order valence-corrected chi connectivity index (χ0v) is 12.2. The number of nitrogens with two attached hydrogens (primary N) is 1. The lowest BCUT2D eigenvalue weighted by molar-refractivity contribution is -0.119. The highest BCUT2D eigenvalue weighted by Crippen LogP contribution is 2.36. The van der Waals surface area contributed by atoms with Crippen LogP contribution in [0.3, 0.4) is 0 Å². The van der Waals surface area contributed by atoms with E-state index < -0.39 is 6.04 Å². The monoisotopic (exact) mass is 284 g/mol. The molecule has 1 amide bonds. The first-order valence-corrected chi connectivity index (χ1v) is 6.44. The molecule has 1 aromatic carbocycles. The van der Waals surface area contributed by atoms with Crippen molar-refractivity contribution in [3.8, 4) is 5.75 Å². The third-order valence-electron chi connectivity index (χ3n) is 3.38. The summed E-state index contributed by atoms with van der Waals surface area (Å²) in [5.74, 6) is 0.738. The molecule has 0 saturated carbocycles. The third-order valence-corrected chi connectivity index (χ3v) is 3.38. The second-order valence-corrected chi connectivity index (χ2v) is 4.60. The van der Waals surface area contributed by atoms with Gasteiger partial charge in [0, 0.05) is 17.8 Å². The molecule has 1 aliphatic heterocycles. The maximum atomic E-state index is 12.1. The first-order valence-electron chi connectivity index (χ1n) is 6.44. The van der Waals surface area contributed by atoms with Gasteiger partial charge in [0.05, 0.1) is 7.11 Å². The predicted octanol–water partition coefficient (Wildman–Crippen LogP) is 2.65. The van der Waals surface area contributed by atoms with Crippen molar-refractivity contribution in [1.29, 1.82) is 0 Å². The first-order chi connectivity index (χ1) is 8.69. The Kier molecular flexibility index (Phi) is 5.63.